The lowest BCUT2D eigenvalue weighted by molar-refractivity contribution is -0.136. The molecule has 0 unspecified atom stereocenters. The van der Waals surface area contributed by atoms with Crippen LogP contribution in [0.3, 0.4) is 0 Å². The molecule has 4 nitrogen and oxygen atoms in total. The Bertz CT molecular complexity index is 608. The van der Waals surface area contributed by atoms with Crippen LogP contribution >= 0.6 is 11.3 Å². The van der Waals surface area contributed by atoms with Crippen LogP contribution in [0.5, 0.6) is 0 Å². The van der Waals surface area contributed by atoms with Gasteiger partial charge in [0.1, 0.15) is 0 Å². The van der Waals surface area contributed by atoms with Gasteiger partial charge in [-0.3, -0.25) is 4.79 Å². The van der Waals surface area contributed by atoms with E-state index in [1.807, 2.05) is 38.4 Å². The van der Waals surface area contributed by atoms with E-state index in [0.29, 0.717) is 6.54 Å². The third kappa shape index (κ3) is 4.88. The van der Waals surface area contributed by atoms with Gasteiger partial charge in [-0.1, -0.05) is 18.2 Å². The highest BCUT2D eigenvalue weighted by Crippen LogP contribution is 2.21. The topological polar surface area (TPSA) is 52.6 Å². The van der Waals surface area contributed by atoms with Crippen molar-refractivity contribution in [3.63, 3.8) is 0 Å². The molecule has 0 aliphatic carbocycles. The smallest absolute Gasteiger partial charge is 0.308 e. The molecule has 0 radical (unpaired) electrons. The zero-order chi connectivity index (χ0) is 15.2. The second kappa shape index (κ2) is 7.24. The summed E-state index contributed by atoms with van der Waals surface area (Å²) >= 11 is 1.55. The molecule has 2 aromatic rings. The first-order valence-electron chi connectivity index (χ1n) is 6.80. The number of rotatable bonds is 7. The fourth-order valence-corrected chi connectivity index (χ4v) is 3.06. The van der Waals surface area contributed by atoms with Crippen LogP contribution in [-0.4, -0.2) is 30.1 Å². The maximum atomic E-state index is 10.7. The number of carboxylic acid groups (broad SMARTS) is 1. The highest BCUT2D eigenvalue weighted by molar-refractivity contribution is 7.12. The molecule has 0 aliphatic heterocycles. The summed E-state index contributed by atoms with van der Waals surface area (Å²) in [5.41, 5.74) is 2.38. The summed E-state index contributed by atoms with van der Waals surface area (Å²) in [4.78, 5) is 14.9. The Balaban J connectivity index is 1.99. The summed E-state index contributed by atoms with van der Waals surface area (Å²) in [7, 11) is 4.10. The van der Waals surface area contributed by atoms with Crippen LogP contribution in [0.1, 0.15) is 15.3 Å². The molecule has 0 bridgehead atoms. The Labute approximate surface area is 129 Å². The molecule has 0 spiro atoms. The lowest BCUT2D eigenvalue weighted by Gasteiger charge is -2.15. The molecule has 112 valence electrons. The number of thiophene rings is 1. The zero-order valence-corrected chi connectivity index (χ0v) is 13.1. The Hall–Kier alpha value is -1.85. The zero-order valence-electron chi connectivity index (χ0n) is 12.3. The largest absolute Gasteiger partial charge is 0.481 e. The number of hydrogen-bond donors (Lipinski definition) is 2. The van der Waals surface area contributed by atoms with Gasteiger partial charge in [-0.05, 0) is 37.9 Å². The van der Waals surface area contributed by atoms with Crippen LogP contribution in [0, 0.1) is 0 Å². The number of hydrogen-bond acceptors (Lipinski definition) is 4. The predicted octanol–water partition coefficient (Wildman–Crippen LogP) is 3.05. The molecule has 1 aromatic heterocycles. The van der Waals surface area contributed by atoms with Gasteiger partial charge in [-0.2, -0.15) is 0 Å². The molecule has 0 saturated carbocycles. The molecule has 0 amide bonds. The third-order valence-corrected chi connectivity index (χ3v) is 4.08. The molecule has 0 aliphatic rings. The third-order valence-electron chi connectivity index (χ3n) is 3.00. The van der Waals surface area contributed by atoms with Crippen molar-refractivity contribution in [2.75, 3.05) is 19.4 Å². The maximum Gasteiger partial charge on any atom is 0.308 e. The first-order chi connectivity index (χ1) is 10.0. The second-order valence-corrected chi connectivity index (χ2v) is 6.44. The van der Waals surface area contributed by atoms with Crippen LogP contribution < -0.4 is 5.32 Å². The van der Waals surface area contributed by atoms with Crippen molar-refractivity contribution >= 4 is 23.0 Å². The van der Waals surface area contributed by atoms with E-state index in [-0.39, 0.29) is 6.42 Å². The van der Waals surface area contributed by atoms with Gasteiger partial charge in [0, 0.05) is 28.5 Å². The van der Waals surface area contributed by atoms with Gasteiger partial charge in [0.15, 0.2) is 0 Å². The van der Waals surface area contributed by atoms with E-state index < -0.39 is 5.97 Å². The van der Waals surface area contributed by atoms with Gasteiger partial charge in [-0.25, -0.2) is 0 Å². The van der Waals surface area contributed by atoms with Gasteiger partial charge in [0.2, 0.25) is 0 Å². The molecule has 2 rings (SSSR count). The van der Waals surface area contributed by atoms with E-state index >= 15 is 0 Å². The minimum atomic E-state index is -0.785. The molecular formula is C16H20N2O2S. The Morgan fingerprint density at radius 1 is 1.19 bits per heavy atom. The van der Waals surface area contributed by atoms with Gasteiger partial charge in [0.25, 0.3) is 0 Å². The van der Waals surface area contributed by atoms with Crippen LogP contribution in [0.4, 0.5) is 5.69 Å². The molecule has 2 N–H and O–H groups in total. The summed E-state index contributed by atoms with van der Waals surface area (Å²) in [6, 6.07) is 12.1. The van der Waals surface area contributed by atoms with E-state index in [4.69, 9.17) is 5.11 Å². The number of para-hydroxylation sites is 1. The second-order valence-electron chi connectivity index (χ2n) is 5.19. The number of carboxylic acids is 1. The number of benzene rings is 1. The summed E-state index contributed by atoms with van der Waals surface area (Å²) < 4.78 is 0. The van der Waals surface area contributed by atoms with E-state index in [2.05, 4.69) is 22.3 Å². The first-order valence-corrected chi connectivity index (χ1v) is 7.62. The van der Waals surface area contributed by atoms with Crippen molar-refractivity contribution in [2.24, 2.45) is 0 Å². The van der Waals surface area contributed by atoms with Gasteiger partial charge >= 0.3 is 5.97 Å². The molecular weight excluding hydrogens is 284 g/mol. The molecule has 0 fully saturated rings. The molecule has 0 atom stereocenters. The standard InChI is InChI=1S/C16H20N2O2S/c1-18(2)11-12-5-3-4-6-15(12)17-10-14-8-7-13(21-14)9-16(19)20/h3-8,17H,9-11H2,1-2H3,(H,19,20). The molecule has 21 heavy (non-hydrogen) atoms. The fourth-order valence-electron chi connectivity index (χ4n) is 2.12. The first kappa shape index (κ1) is 15.5. The van der Waals surface area contributed by atoms with Crippen molar-refractivity contribution in [1.29, 1.82) is 0 Å². The van der Waals surface area contributed by atoms with Gasteiger partial charge in [0.05, 0.1) is 6.42 Å². The van der Waals surface area contributed by atoms with E-state index in [1.54, 1.807) is 11.3 Å². The Morgan fingerprint density at radius 3 is 2.62 bits per heavy atom. The van der Waals surface area contributed by atoms with Crippen molar-refractivity contribution in [3.8, 4) is 0 Å². The van der Waals surface area contributed by atoms with E-state index in [9.17, 15) is 4.79 Å². The highest BCUT2D eigenvalue weighted by Gasteiger charge is 2.06. The maximum absolute atomic E-state index is 10.7. The fraction of sp³-hybridized carbons (Fsp3) is 0.312. The van der Waals surface area contributed by atoms with Crippen LogP contribution in [0.2, 0.25) is 0 Å². The number of carbonyl (C=O) groups is 1. The molecule has 1 aromatic carbocycles. The molecule has 1 heterocycles. The van der Waals surface area contributed by atoms with Gasteiger partial charge in [-0.15, -0.1) is 11.3 Å². The number of nitrogens with one attached hydrogen (secondary N) is 1. The van der Waals surface area contributed by atoms with E-state index in [1.165, 1.54) is 5.56 Å². The SMILES string of the molecule is CN(C)Cc1ccccc1NCc1ccc(CC(=O)O)s1. The molecule has 5 heteroatoms. The number of nitrogens with zero attached hydrogens (tertiary/aromatic N) is 1. The minimum Gasteiger partial charge on any atom is -0.481 e. The lowest BCUT2D eigenvalue weighted by atomic mass is 10.1. The van der Waals surface area contributed by atoms with Crippen LogP contribution in [0.25, 0.3) is 0 Å². The summed E-state index contributed by atoms with van der Waals surface area (Å²) in [5.74, 6) is -0.785. The normalized spacial score (nSPS) is 10.8. The van der Waals surface area contributed by atoms with Crippen molar-refractivity contribution < 1.29 is 9.90 Å². The monoisotopic (exact) mass is 304 g/mol. The molecule has 0 saturated heterocycles. The van der Waals surface area contributed by atoms with Crippen molar-refractivity contribution in [1.82, 2.24) is 4.90 Å². The van der Waals surface area contributed by atoms with Gasteiger partial charge < -0.3 is 15.3 Å². The minimum absolute atomic E-state index is 0.0991. The average Bonchev–Trinajstić information content (AvgIpc) is 2.84. The summed E-state index contributed by atoms with van der Waals surface area (Å²) in [6.07, 6.45) is 0.0991. The quantitative estimate of drug-likeness (QED) is 0.825. The highest BCUT2D eigenvalue weighted by atomic mass is 32.1. The van der Waals surface area contributed by atoms with E-state index in [0.717, 1.165) is 22.0 Å². The van der Waals surface area contributed by atoms with Crippen LogP contribution in [-0.2, 0) is 24.3 Å². The van der Waals surface area contributed by atoms with Crippen molar-refractivity contribution in [3.05, 3.63) is 51.7 Å². The average molecular weight is 304 g/mol. The van der Waals surface area contributed by atoms with Crippen LogP contribution in [0.15, 0.2) is 36.4 Å². The Kier molecular flexibility index (Phi) is 5.36. The summed E-state index contributed by atoms with van der Waals surface area (Å²) in [6.45, 7) is 1.60. The summed E-state index contributed by atoms with van der Waals surface area (Å²) in [5, 5.41) is 12.2. The predicted molar refractivity (Wildman–Crippen MR) is 86.8 cm³/mol. The number of anilines is 1. The van der Waals surface area contributed by atoms with Crippen molar-refractivity contribution in [2.45, 2.75) is 19.5 Å². The Morgan fingerprint density at radius 2 is 1.90 bits per heavy atom. The number of aliphatic carboxylic acids is 1. The lowest BCUT2D eigenvalue weighted by Crippen LogP contribution is -2.12.